The first-order valence-corrected chi connectivity index (χ1v) is 13.5. The van der Waals surface area contributed by atoms with Gasteiger partial charge in [0.1, 0.15) is 17.3 Å². The molecule has 3 atom stereocenters. The Kier molecular flexibility index (Phi) is 6.03. The summed E-state index contributed by atoms with van der Waals surface area (Å²) in [6.45, 7) is 4.01. The summed E-state index contributed by atoms with van der Waals surface area (Å²) in [6.07, 6.45) is 6.02. The predicted molar refractivity (Wildman–Crippen MR) is 139 cm³/mol. The molecule has 4 bridgehead atoms. The minimum absolute atomic E-state index is 0.0595. The van der Waals surface area contributed by atoms with Gasteiger partial charge in [-0.1, -0.05) is 17.7 Å². The fraction of sp³-hybridized carbons (Fsp3) is 0.556. The molecule has 9 nitrogen and oxygen atoms in total. The zero-order valence-electron chi connectivity index (χ0n) is 20.8. The molecule has 1 aliphatic heterocycles. The number of piperazine rings is 1. The summed E-state index contributed by atoms with van der Waals surface area (Å²) < 4.78 is 0. The summed E-state index contributed by atoms with van der Waals surface area (Å²) in [5.74, 6) is 1.40. The number of hydrogen-bond acceptors (Lipinski definition) is 7. The van der Waals surface area contributed by atoms with Crippen LogP contribution >= 0.6 is 11.6 Å². The first-order chi connectivity index (χ1) is 17.7. The molecule has 4 saturated carbocycles. The van der Waals surface area contributed by atoms with Crippen molar-refractivity contribution in [2.45, 2.75) is 56.7 Å². The van der Waals surface area contributed by atoms with Gasteiger partial charge in [0, 0.05) is 37.9 Å². The van der Waals surface area contributed by atoms with Crippen LogP contribution in [0.3, 0.4) is 0 Å². The lowest BCUT2D eigenvalue weighted by Gasteiger charge is -2.58. The van der Waals surface area contributed by atoms with Crippen LogP contribution in [0.4, 0.5) is 11.6 Å². The lowest BCUT2D eigenvalue weighted by Crippen LogP contribution is -2.61. The van der Waals surface area contributed by atoms with Crippen LogP contribution in [-0.4, -0.2) is 69.4 Å². The van der Waals surface area contributed by atoms with Gasteiger partial charge in [-0.15, -0.1) is 0 Å². The van der Waals surface area contributed by atoms with Crippen LogP contribution in [0.2, 0.25) is 5.02 Å². The molecule has 7 rings (SSSR count). The molecule has 1 saturated heterocycles. The zero-order chi connectivity index (χ0) is 25.9. The third-order valence-electron chi connectivity index (χ3n) is 8.80. The molecule has 3 N–H and O–H groups in total. The Bertz CT molecular complexity index is 1230. The molecule has 37 heavy (non-hydrogen) atoms. The number of aromatic nitrogens is 2. The maximum absolute atomic E-state index is 13.3. The number of nitrogens with one attached hydrogen (secondary N) is 1. The Hall–Kier alpha value is -2.91. The van der Waals surface area contributed by atoms with E-state index in [-0.39, 0.29) is 23.6 Å². The summed E-state index contributed by atoms with van der Waals surface area (Å²) in [5.41, 5.74) is -0.0514. The maximum Gasteiger partial charge on any atom is 0.337 e. The molecule has 0 spiro atoms. The first kappa shape index (κ1) is 24.4. The van der Waals surface area contributed by atoms with E-state index in [0.29, 0.717) is 53.9 Å². The van der Waals surface area contributed by atoms with Crippen LogP contribution in [0.25, 0.3) is 0 Å². The summed E-state index contributed by atoms with van der Waals surface area (Å²) in [5, 5.41) is 23.6. The van der Waals surface area contributed by atoms with E-state index in [9.17, 15) is 14.7 Å². The van der Waals surface area contributed by atoms with Crippen molar-refractivity contribution in [3.8, 4) is 0 Å². The number of aromatic carboxylic acids is 1. The molecule has 2 aromatic heterocycles. The number of carbonyl (C=O) groups is 2. The SMILES string of the molecule is C[C@@H]1CN(c2ncc(C(=O)O)cc2Cl)CCN1c1cccc(C(=O)NC2C3CC4CC2CC(O)(C4)C3)n1. The fourth-order valence-electron chi connectivity index (χ4n) is 7.42. The van der Waals surface area contributed by atoms with E-state index in [4.69, 9.17) is 21.7 Å². The lowest BCUT2D eigenvalue weighted by molar-refractivity contribution is -0.136. The van der Waals surface area contributed by atoms with Gasteiger partial charge >= 0.3 is 5.97 Å². The number of nitrogens with zero attached hydrogens (tertiary/aromatic N) is 4. The molecule has 3 heterocycles. The van der Waals surface area contributed by atoms with Crippen LogP contribution in [-0.2, 0) is 0 Å². The Balaban J connectivity index is 1.13. The minimum Gasteiger partial charge on any atom is -0.478 e. The van der Waals surface area contributed by atoms with Crippen LogP contribution < -0.4 is 15.1 Å². The summed E-state index contributed by atoms with van der Waals surface area (Å²) in [7, 11) is 0. The molecule has 4 aliphatic carbocycles. The van der Waals surface area contributed by atoms with Crippen LogP contribution in [0, 0.1) is 17.8 Å². The Morgan fingerprint density at radius 2 is 1.92 bits per heavy atom. The third-order valence-corrected chi connectivity index (χ3v) is 9.07. The number of amides is 1. The van der Waals surface area contributed by atoms with Crippen molar-refractivity contribution in [3.05, 3.63) is 46.7 Å². The van der Waals surface area contributed by atoms with E-state index in [2.05, 4.69) is 22.1 Å². The van der Waals surface area contributed by atoms with Gasteiger partial charge in [0.05, 0.1) is 16.2 Å². The van der Waals surface area contributed by atoms with Gasteiger partial charge in [-0.25, -0.2) is 14.8 Å². The van der Waals surface area contributed by atoms with E-state index in [1.165, 1.54) is 12.3 Å². The topological polar surface area (TPSA) is 119 Å². The van der Waals surface area contributed by atoms with Crippen LogP contribution in [0.1, 0.15) is 59.9 Å². The van der Waals surface area contributed by atoms with Gasteiger partial charge in [-0.2, -0.15) is 0 Å². The predicted octanol–water partition coefficient (Wildman–Crippen LogP) is 3.21. The summed E-state index contributed by atoms with van der Waals surface area (Å²) in [4.78, 5) is 37.7. The van der Waals surface area contributed by atoms with E-state index < -0.39 is 11.6 Å². The second-order valence-corrected chi connectivity index (χ2v) is 11.8. The number of aliphatic hydroxyl groups is 1. The molecule has 1 amide bonds. The molecular formula is C27H32ClN5O4. The van der Waals surface area contributed by atoms with Crippen molar-refractivity contribution in [1.82, 2.24) is 15.3 Å². The number of rotatable bonds is 5. The van der Waals surface area contributed by atoms with E-state index in [0.717, 1.165) is 37.9 Å². The van der Waals surface area contributed by atoms with Gasteiger partial charge in [-0.05, 0) is 75.0 Å². The van der Waals surface area contributed by atoms with Gasteiger partial charge in [0.15, 0.2) is 0 Å². The van der Waals surface area contributed by atoms with E-state index in [1.54, 1.807) is 6.07 Å². The number of carboxylic acids is 1. The number of carbonyl (C=O) groups excluding carboxylic acids is 1. The van der Waals surface area contributed by atoms with E-state index >= 15 is 0 Å². The van der Waals surface area contributed by atoms with Crippen molar-refractivity contribution < 1.29 is 19.8 Å². The standard InChI is InChI=1S/C27H32ClN5O4/c1-15-14-32(24-20(28)9-19(13-29-24)26(35)36)5-6-33(15)22-4-2-3-21(30-22)25(34)31-23-17-7-16-8-18(23)12-27(37,10-16)11-17/h2-4,9,13,15-18,23,37H,5-8,10-12,14H2,1H3,(H,31,34)(H,35,36)/t15-,16?,17?,18?,23?,27?/m1/s1. The molecule has 2 aromatic rings. The van der Waals surface area contributed by atoms with Crippen LogP contribution in [0.15, 0.2) is 30.5 Å². The molecule has 5 aliphatic rings. The number of carboxylic acid groups (broad SMARTS) is 1. The van der Waals surface area contributed by atoms with Crippen molar-refractivity contribution in [1.29, 1.82) is 0 Å². The first-order valence-electron chi connectivity index (χ1n) is 13.1. The Labute approximate surface area is 220 Å². The third kappa shape index (κ3) is 4.52. The highest BCUT2D eigenvalue weighted by Crippen LogP contribution is 2.55. The van der Waals surface area contributed by atoms with Gasteiger partial charge < -0.3 is 25.3 Å². The van der Waals surface area contributed by atoms with Crippen molar-refractivity contribution in [2.75, 3.05) is 29.4 Å². The van der Waals surface area contributed by atoms with Gasteiger partial charge in [0.25, 0.3) is 5.91 Å². The number of anilines is 2. The Morgan fingerprint density at radius 1 is 1.16 bits per heavy atom. The second-order valence-electron chi connectivity index (χ2n) is 11.4. The highest BCUT2D eigenvalue weighted by Gasteiger charge is 2.55. The molecule has 5 fully saturated rings. The normalized spacial score (nSPS) is 32.5. The van der Waals surface area contributed by atoms with Gasteiger partial charge in [-0.3, -0.25) is 4.79 Å². The summed E-state index contributed by atoms with van der Waals surface area (Å²) in [6, 6.07) is 7.17. The summed E-state index contributed by atoms with van der Waals surface area (Å²) >= 11 is 6.34. The smallest absolute Gasteiger partial charge is 0.337 e. The lowest BCUT2D eigenvalue weighted by atomic mass is 9.52. The number of pyridine rings is 2. The van der Waals surface area contributed by atoms with Crippen LogP contribution in [0.5, 0.6) is 0 Å². The molecule has 196 valence electrons. The fourth-order valence-corrected chi connectivity index (χ4v) is 7.71. The molecule has 0 radical (unpaired) electrons. The van der Waals surface area contributed by atoms with Crippen molar-refractivity contribution in [3.63, 3.8) is 0 Å². The molecule has 10 heteroatoms. The van der Waals surface area contributed by atoms with Crippen molar-refractivity contribution >= 4 is 35.1 Å². The maximum atomic E-state index is 13.3. The highest BCUT2D eigenvalue weighted by atomic mass is 35.5. The average molecular weight is 526 g/mol. The minimum atomic E-state index is -1.06. The molecule has 2 unspecified atom stereocenters. The largest absolute Gasteiger partial charge is 0.478 e. The average Bonchev–Trinajstić information content (AvgIpc) is 2.85. The quantitative estimate of drug-likeness (QED) is 0.544. The second kappa shape index (κ2) is 9.13. The molecular weight excluding hydrogens is 494 g/mol. The van der Waals surface area contributed by atoms with E-state index in [1.807, 2.05) is 17.0 Å². The number of hydrogen-bond donors (Lipinski definition) is 3. The molecule has 0 aromatic carbocycles. The van der Waals surface area contributed by atoms with Gasteiger partial charge in [0.2, 0.25) is 0 Å². The monoisotopic (exact) mass is 525 g/mol. The Morgan fingerprint density at radius 3 is 2.57 bits per heavy atom. The highest BCUT2D eigenvalue weighted by molar-refractivity contribution is 6.33. The zero-order valence-corrected chi connectivity index (χ0v) is 21.6. The van der Waals surface area contributed by atoms with Crippen molar-refractivity contribution in [2.24, 2.45) is 17.8 Å². The number of halogens is 1.